The summed E-state index contributed by atoms with van der Waals surface area (Å²) in [4.78, 5) is 51.0. The van der Waals surface area contributed by atoms with Crippen molar-refractivity contribution in [2.75, 3.05) is 39.3 Å². The molecule has 2 aromatic heterocycles. The Morgan fingerprint density at radius 1 is 0.540 bits per heavy atom. The molecule has 0 fully saturated rings. The molecule has 0 bridgehead atoms. The first-order valence-corrected chi connectivity index (χ1v) is 17.1. The van der Waals surface area contributed by atoms with Crippen LogP contribution in [0.1, 0.15) is 57.5 Å². The molecule has 12 nitrogen and oxygen atoms in total. The third kappa shape index (κ3) is 11.7. The third-order valence-corrected chi connectivity index (χ3v) is 7.98. The Bertz CT molecular complexity index is 1640. The summed E-state index contributed by atoms with van der Waals surface area (Å²) in [6.07, 6.45) is 6.63. The van der Waals surface area contributed by atoms with Gasteiger partial charge in [0, 0.05) is 39.6 Å². The number of hydrogen-bond donors (Lipinski definition) is 4. The van der Waals surface area contributed by atoms with Crippen molar-refractivity contribution >= 4 is 11.8 Å². The SMILES string of the molecule is Cn1ccc(C(=O)NCCCNCCCCNCCCNC(=O)c2ccn(C)c(=O)c2OCc2ccccc2)c(OCc2ccccc2)c1=O. The average Bonchev–Trinajstić information content (AvgIpc) is 3.13. The van der Waals surface area contributed by atoms with Crippen molar-refractivity contribution in [1.82, 2.24) is 30.4 Å². The zero-order chi connectivity index (χ0) is 35.6. The highest BCUT2D eigenvalue weighted by Gasteiger charge is 2.18. The molecule has 0 atom stereocenters. The van der Waals surface area contributed by atoms with Crippen molar-refractivity contribution in [3.63, 3.8) is 0 Å². The van der Waals surface area contributed by atoms with Gasteiger partial charge in [-0.1, -0.05) is 60.7 Å². The standard InChI is InChI=1S/C38H48N6O6/c1-43-25-17-31(33(37(43)47)49-27-29-13-5-3-6-14-29)35(45)41-23-11-21-39-19-9-10-20-40-22-12-24-42-36(46)32-18-26-44(2)38(48)34(32)50-28-30-15-7-4-8-16-30/h3-8,13-18,25-26,39-40H,9-12,19-24,27-28H2,1-2H3,(H,41,45)(H,42,46). The molecule has 4 rings (SSSR count). The zero-order valence-corrected chi connectivity index (χ0v) is 28.9. The molecule has 0 spiro atoms. The molecule has 0 aliphatic rings. The smallest absolute Gasteiger partial charge is 0.293 e. The number of nitrogens with one attached hydrogen (secondary N) is 4. The number of ether oxygens (including phenoxy) is 2. The van der Waals surface area contributed by atoms with Gasteiger partial charge < -0.3 is 39.9 Å². The number of benzene rings is 2. The lowest BCUT2D eigenvalue weighted by Crippen LogP contribution is -2.31. The summed E-state index contributed by atoms with van der Waals surface area (Å²) in [5.74, 6) is -0.570. The molecule has 0 saturated heterocycles. The zero-order valence-electron chi connectivity index (χ0n) is 28.9. The monoisotopic (exact) mass is 684 g/mol. The van der Waals surface area contributed by atoms with Gasteiger partial charge in [-0.3, -0.25) is 19.2 Å². The fourth-order valence-electron chi connectivity index (χ4n) is 5.08. The largest absolute Gasteiger partial charge is 0.482 e. The number of nitrogens with zero attached hydrogens (tertiary/aromatic N) is 2. The highest BCUT2D eigenvalue weighted by molar-refractivity contribution is 5.97. The van der Waals surface area contributed by atoms with Crippen LogP contribution in [0, 0.1) is 0 Å². The molecule has 4 N–H and O–H groups in total. The van der Waals surface area contributed by atoms with E-state index in [4.69, 9.17) is 9.47 Å². The van der Waals surface area contributed by atoms with Gasteiger partial charge in [0.25, 0.3) is 22.9 Å². The van der Waals surface area contributed by atoms with Gasteiger partial charge in [0.2, 0.25) is 0 Å². The van der Waals surface area contributed by atoms with E-state index >= 15 is 0 Å². The maximum absolute atomic E-state index is 12.8. The minimum absolute atomic E-state index is 0.0482. The van der Waals surface area contributed by atoms with Crippen LogP contribution in [0.25, 0.3) is 0 Å². The number of amides is 2. The first kappa shape index (κ1) is 37.6. The van der Waals surface area contributed by atoms with E-state index in [-0.39, 0.29) is 58.8 Å². The minimum atomic E-state index is -0.354. The summed E-state index contributed by atoms with van der Waals surface area (Å²) in [7, 11) is 3.25. The number of hydrogen-bond acceptors (Lipinski definition) is 8. The van der Waals surface area contributed by atoms with Gasteiger partial charge in [-0.05, 0) is 75.1 Å². The second kappa shape index (κ2) is 20.3. The van der Waals surface area contributed by atoms with Gasteiger partial charge in [0.1, 0.15) is 13.2 Å². The Kier molecular flexibility index (Phi) is 15.3. The third-order valence-electron chi connectivity index (χ3n) is 7.98. The Hall–Kier alpha value is -5.20. The van der Waals surface area contributed by atoms with Crippen LogP contribution < -0.4 is 41.9 Å². The predicted octanol–water partition coefficient (Wildman–Crippen LogP) is 3.14. The lowest BCUT2D eigenvalue weighted by atomic mass is 10.2. The topological polar surface area (TPSA) is 145 Å². The lowest BCUT2D eigenvalue weighted by molar-refractivity contribution is 0.0939. The van der Waals surface area contributed by atoms with Gasteiger partial charge in [-0.25, -0.2) is 0 Å². The maximum atomic E-state index is 12.8. The Labute approximate surface area is 292 Å². The summed E-state index contributed by atoms with van der Waals surface area (Å²) in [5.41, 5.74) is 1.57. The molecule has 0 saturated carbocycles. The van der Waals surface area contributed by atoms with Gasteiger partial charge in [-0.15, -0.1) is 0 Å². The van der Waals surface area contributed by atoms with Crippen LogP contribution in [0.5, 0.6) is 11.5 Å². The summed E-state index contributed by atoms with van der Waals surface area (Å²) in [6.45, 7) is 4.59. The van der Waals surface area contributed by atoms with Crippen molar-refractivity contribution in [2.45, 2.75) is 38.9 Å². The van der Waals surface area contributed by atoms with E-state index in [9.17, 15) is 19.2 Å². The molecule has 4 aromatic rings. The minimum Gasteiger partial charge on any atom is -0.482 e. The summed E-state index contributed by atoms with van der Waals surface area (Å²) >= 11 is 0. The van der Waals surface area contributed by atoms with E-state index in [1.807, 2.05) is 60.7 Å². The van der Waals surface area contributed by atoms with E-state index in [0.717, 1.165) is 63.0 Å². The molecule has 2 aromatic carbocycles. The van der Waals surface area contributed by atoms with E-state index < -0.39 is 0 Å². The summed E-state index contributed by atoms with van der Waals surface area (Å²) < 4.78 is 14.4. The average molecular weight is 685 g/mol. The van der Waals surface area contributed by atoms with E-state index in [2.05, 4.69) is 21.3 Å². The Morgan fingerprint density at radius 2 is 0.920 bits per heavy atom. The van der Waals surface area contributed by atoms with Crippen LogP contribution in [-0.4, -0.2) is 60.2 Å². The first-order valence-electron chi connectivity index (χ1n) is 17.1. The number of rotatable bonds is 21. The number of carbonyl (C=O) groups is 2. The van der Waals surface area contributed by atoms with Crippen LogP contribution in [0.15, 0.2) is 94.8 Å². The number of pyridine rings is 2. The Morgan fingerprint density at radius 3 is 1.32 bits per heavy atom. The van der Waals surface area contributed by atoms with Crippen LogP contribution >= 0.6 is 0 Å². The van der Waals surface area contributed by atoms with E-state index in [1.54, 1.807) is 38.6 Å². The summed E-state index contributed by atoms with van der Waals surface area (Å²) in [6, 6.07) is 22.2. The fraction of sp³-hybridized carbons (Fsp3) is 0.368. The van der Waals surface area contributed by atoms with Gasteiger partial charge in [0.15, 0.2) is 11.5 Å². The molecule has 12 heteroatoms. The molecule has 0 unspecified atom stereocenters. The van der Waals surface area contributed by atoms with Crippen molar-refractivity contribution in [2.24, 2.45) is 14.1 Å². The first-order chi connectivity index (χ1) is 24.3. The van der Waals surface area contributed by atoms with Crippen molar-refractivity contribution in [3.05, 3.63) is 128 Å². The Balaban J connectivity index is 1.03. The molecule has 0 aliphatic heterocycles. The normalized spacial score (nSPS) is 10.8. The lowest BCUT2D eigenvalue weighted by Gasteiger charge is -2.13. The van der Waals surface area contributed by atoms with Gasteiger partial charge >= 0.3 is 0 Å². The van der Waals surface area contributed by atoms with Gasteiger partial charge in [-0.2, -0.15) is 0 Å². The maximum Gasteiger partial charge on any atom is 0.293 e. The molecular weight excluding hydrogens is 636 g/mol. The molecular formula is C38H48N6O6. The van der Waals surface area contributed by atoms with Crippen LogP contribution in [0.4, 0.5) is 0 Å². The second-order valence-electron chi connectivity index (χ2n) is 11.9. The highest BCUT2D eigenvalue weighted by atomic mass is 16.5. The number of aromatic nitrogens is 2. The summed E-state index contributed by atoms with van der Waals surface area (Å²) in [5, 5.41) is 12.6. The quantitative estimate of drug-likeness (QED) is 0.0981. The number of aryl methyl sites for hydroxylation is 2. The molecule has 0 aliphatic carbocycles. The predicted molar refractivity (Wildman–Crippen MR) is 194 cm³/mol. The van der Waals surface area contributed by atoms with E-state index in [0.29, 0.717) is 13.1 Å². The van der Waals surface area contributed by atoms with Crippen LogP contribution in [0.3, 0.4) is 0 Å². The molecule has 0 radical (unpaired) electrons. The number of unbranched alkanes of at least 4 members (excludes halogenated alkanes) is 1. The van der Waals surface area contributed by atoms with Crippen molar-refractivity contribution in [1.29, 1.82) is 0 Å². The van der Waals surface area contributed by atoms with Gasteiger partial charge in [0.05, 0.1) is 11.1 Å². The molecule has 266 valence electrons. The highest BCUT2D eigenvalue weighted by Crippen LogP contribution is 2.16. The van der Waals surface area contributed by atoms with Crippen LogP contribution in [0.2, 0.25) is 0 Å². The van der Waals surface area contributed by atoms with E-state index in [1.165, 1.54) is 9.13 Å². The van der Waals surface area contributed by atoms with Crippen molar-refractivity contribution < 1.29 is 19.1 Å². The number of carbonyl (C=O) groups excluding carboxylic acids is 2. The van der Waals surface area contributed by atoms with Crippen LogP contribution in [-0.2, 0) is 27.3 Å². The van der Waals surface area contributed by atoms with Crippen molar-refractivity contribution in [3.8, 4) is 11.5 Å². The fourth-order valence-corrected chi connectivity index (χ4v) is 5.08. The molecule has 2 heterocycles. The molecule has 50 heavy (non-hydrogen) atoms. The molecule has 2 amide bonds. The second-order valence-corrected chi connectivity index (χ2v) is 11.9.